The molecule has 3 rings (SSSR count). The van der Waals surface area contributed by atoms with E-state index in [1.54, 1.807) is 4.57 Å². The highest BCUT2D eigenvalue weighted by Crippen LogP contribution is 2.39. The van der Waals surface area contributed by atoms with Gasteiger partial charge in [-0.2, -0.15) is 0 Å². The van der Waals surface area contributed by atoms with Crippen LogP contribution in [0.2, 0.25) is 0 Å². The number of aromatic nitrogens is 3. The maximum Gasteiger partial charge on any atom is 0.374 e. The molecule has 86 valence electrons. The molecule has 0 amide bonds. The van der Waals surface area contributed by atoms with Gasteiger partial charge in [-0.1, -0.05) is 0 Å². The van der Waals surface area contributed by atoms with Crippen LogP contribution >= 0.6 is 0 Å². The van der Waals surface area contributed by atoms with E-state index in [0.29, 0.717) is 6.04 Å². The van der Waals surface area contributed by atoms with Gasteiger partial charge in [0.05, 0.1) is 0 Å². The Bertz CT molecular complexity index is 418. The van der Waals surface area contributed by atoms with Gasteiger partial charge in [0.2, 0.25) is 11.8 Å². The molecule has 0 atom stereocenters. The minimum atomic E-state index is -0.982. The molecule has 2 aliphatic rings. The molecular weight excluding hydrogens is 208 g/mol. The lowest BCUT2D eigenvalue weighted by Crippen LogP contribution is -2.23. The molecule has 0 bridgehead atoms. The number of carbonyl (C=O) groups is 1. The quantitative estimate of drug-likeness (QED) is 0.823. The van der Waals surface area contributed by atoms with E-state index in [1.807, 2.05) is 0 Å². The molecule has 0 aromatic carbocycles. The molecular formula is C10H14N4O2. The number of aromatic carboxylic acids is 1. The van der Waals surface area contributed by atoms with E-state index in [9.17, 15) is 4.79 Å². The lowest BCUT2D eigenvalue weighted by Gasteiger charge is -2.17. The summed E-state index contributed by atoms with van der Waals surface area (Å²) < 4.78 is 1.80. The number of nitrogens with zero attached hydrogens (tertiary/aromatic N) is 4. The van der Waals surface area contributed by atoms with E-state index in [2.05, 4.69) is 15.1 Å². The first kappa shape index (κ1) is 9.62. The van der Waals surface area contributed by atoms with Crippen LogP contribution in [0.15, 0.2) is 0 Å². The molecule has 0 spiro atoms. The second-order valence-corrected chi connectivity index (χ2v) is 4.42. The molecule has 2 fully saturated rings. The van der Waals surface area contributed by atoms with Gasteiger partial charge in [-0.25, -0.2) is 4.79 Å². The molecule has 1 aromatic heterocycles. The Morgan fingerprint density at radius 2 is 1.94 bits per heavy atom. The standard InChI is InChI=1S/C10H14N4O2/c15-9(16)8-11-12-10(13-5-1-2-6-13)14(8)7-3-4-7/h7H,1-6H2,(H,15,16). The fourth-order valence-corrected chi connectivity index (χ4v) is 2.23. The highest BCUT2D eigenvalue weighted by atomic mass is 16.4. The highest BCUT2D eigenvalue weighted by Gasteiger charge is 2.34. The Balaban J connectivity index is 2.00. The van der Waals surface area contributed by atoms with Crippen LogP contribution in [0, 0.1) is 0 Å². The van der Waals surface area contributed by atoms with Crippen molar-refractivity contribution in [2.45, 2.75) is 31.7 Å². The number of hydrogen-bond acceptors (Lipinski definition) is 4. The summed E-state index contributed by atoms with van der Waals surface area (Å²) in [6.45, 7) is 1.93. The smallest absolute Gasteiger partial charge is 0.374 e. The van der Waals surface area contributed by atoms with Crippen LogP contribution in [-0.2, 0) is 0 Å². The molecule has 1 aliphatic carbocycles. The van der Waals surface area contributed by atoms with Crippen molar-refractivity contribution in [2.75, 3.05) is 18.0 Å². The third-order valence-corrected chi connectivity index (χ3v) is 3.17. The van der Waals surface area contributed by atoms with Crippen molar-refractivity contribution in [2.24, 2.45) is 0 Å². The van der Waals surface area contributed by atoms with Crippen LogP contribution in [0.5, 0.6) is 0 Å². The molecule has 1 N–H and O–H groups in total. The van der Waals surface area contributed by atoms with Crippen LogP contribution in [0.25, 0.3) is 0 Å². The van der Waals surface area contributed by atoms with Crippen LogP contribution < -0.4 is 4.90 Å². The van der Waals surface area contributed by atoms with Gasteiger partial charge in [0.1, 0.15) is 0 Å². The summed E-state index contributed by atoms with van der Waals surface area (Å²) in [5.74, 6) is -0.147. The lowest BCUT2D eigenvalue weighted by molar-refractivity contribution is 0.0677. The summed E-state index contributed by atoms with van der Waals surface area (Å²) in [6, 6.07) is 0.302. The van der Waals surface area contributed by atoms with Gasteiger partial charge in [0.15, 0.2) is 0 Å². The molecule has 1 aromatic rings. The Labute approximate surface area is 92.9 Å². The second kappa shape index (κ2) is 3.47. The molecule has 16 heavy (non-hydrogen) atoms. The zero-order chi connectivity index (χ0) is 11.1. The van der Waals surface area contributed by atoms with E-state index in [0.717, 1.165) is 44.7 Å². The van der Waals surface area contributed by atoms with Crippen molar-refractivity contribution in [3.05, 3.63) is 5.82 Å². The maximum atomic E-state index is 11.0. The number of carboxylic acids is 1. The fraction of sp³-hybridized carbons (Fsp3) is 0.700. The maximum absolute atomic E-state index is 11.0. The summed E-state index contributed by atoms with van der Waals surface area (Å²) >= 11 is 0. The van der Waals surface area contributed by atoms with Crippen molar-refractivity contribution in [3.63, 3.8) is 0 Å². The van der Waals surface area contributed by atoms with Crippen molar-refractivity contribution < 1.29 is 9.90 Å². The van der Waals surface area contributed by atoms with Gasteiger partial charge in [-0.3, -0.25) is 4.57 Å². The van der Waals surface area contributed by atoms with Crippen LogP contribution in [0.1, 0.15) is 42.3 Å². The first-order valence-electron chi connectivity index (χ1n) is 5.70. The summed E-state index contributed by atoms with van der Waals surface area (Å²) in [5.41, 5.74) is 0. The van der Waals surface area contributed by atoms with Gasteiger partial charge >= 0.3 is 5.97 Å². The van der Waals surface area contributed by atoms with E-state index >= 15 is 0 Å². The normalized spacial score (nSPS) is 20.4. The molecule has 6 heteroatoms. The van der Waals surface area contributed by atoms with Crippen LogP contribution in [-0.4, -0.2) is 38.9 Å². The molecule has 0 radical (unpaired) electrons. The molecule has 6 nitrogen and oxygen atoms in total. The summed E-state index contributed by atoms with van der Waals surface area (Å²) in [4.78, 5) is 13.2. The van der Waals surface area contributed by atoms with Gasteiger partial charge in [0.25, 0.3) is 0 Å². The van der Waals surface area contributed by atoms with Crippen molar-refractivity contribution in [1.29, 1.82) is 0 Å². The zero-order valence-corrected chi connectivity index (χ0v) is 8.96. The minimum Gasteiger partial charge on any atom is -0.475 e. The summed E-state index contributed by atoms with van der Waals surface area (Å²) in [5, 5.41) is 16.9. The molecule has 1 saturated heterocycles. The topological polar surface area (TPSA) is 71.2 Å². The molecule has 1 aliphatic heterocycles. The SMILES string of the molecule is O=C(O)c1nnc(N2CCCC2)n1C1CC1. The predicted molar refractivity (Wildman–Crippen MR) is 56.7 cm³/mol. The number of anilines is 1. The van der Waals surface area contributed by atoms with E-state index in [1.165, 1.54) is 0 Å². The Morgan fingerprint density at radius 1 is 1.25 bits per heavy atom. The highest BCUT2D eigenvalue weighted by molar-refractivity contribution is 5.84. The van der Waals surface area contributed by atoms with E-state index in [4.69, 9.17) is 5.11 Å². The average Bonchev–Trinajstić information content (AvgIpc) is 2.82. The van der Waals surface area contributed by atoms with E-state index in [-0.39, 0.29) is 5.82 Å². The first-order chi connectivity index (χ1) is 7.77. The van der Waals surface area contributed by atoms with Crippen molar-refractivity contribution >= 4 is 11.9 Å². The molecule has 2 heterocycles. The zero-order valence-electron chi connectivity index (χ0n) is 8.96. The average molecular weight is 222 g/mol. The van der Waals surface area contributed by atoms with Crippen molar-refractivity contribution in [3.8, 4) is 0 Å². The lowest BCUT2D eigenvalue weighted by atomic mass is 10.4. The number of rotatable bonds is 3. The first-order valence-corrected chi connectivity index (χ1v) is 5.70. The third kappa shape index (κ3) is 1.45. The number of carboxylic acid groups (broad SMARTS) is 1. The molecule has 1 saturated carbocycles. The predicted octanol–water partition coefficient (Wildman–Crippen LogP) is 0.911. The Morgan fingerprint density at radius 3 is 2.50 bits per heavy atom. The van der Waals surface area contributed by atoms with Crippen LogP contribution in [0.4, 0.5) is 5.95 Å². The minimum absolute atomic E-state index is 0.0874. The fourth-order valence-electron chi connectivity index (χ4n) is 2.23. The second-order valence-electron chi connectivity index (χ2n) is 4.42. The monoisotopic (exact) mass is 222 g/mol. The van der Waals surface area contributed by atoms with Gasteiger partial charge in [0, 0.05) is 19.1 Å². The number of hydrogen-bond donors (Lipinski definition) is 1. The van der Waals surface area contributed by atoms with Crippen LogP contribution in [0.3, 0.4) is 0 Å². The van der Waals surface area contributed by atoms with Gasteiger partial charge < -0.3 is 10.0 Å². The largest absolute Gasteiger partial charge is 0.475 e. The Hall–Kier alpha value is -1.59. The Kier molecular flexibility index (Phi) is 2.08. The third-order valence-electron chi connectivity index (χ3n) is 3.17. The van der Waals surface area contributed by atoms with Gasteiger partial charge in [-0.15, -0.1) is 10.2 Å². The molecule has 0 unspecified atom stereocenters. The summed E-state index contributed by atoms with van der Waals surface area (Å²) in [6.07, 6.45) is 4.39. The van der Waals surface area contributed by atoms with Crippen molar-refractivity contribution in [1.82, 2.24) is 14.8 Å². The summed E-state index contributed by atoms with van der Waals surface area (Å²) in [7, 11) is 0. The van der Waals surface area contributed by atoms with E-state index < -0.39 is 5.97 Å². The van der Waals surface area contributed by atoms with Gasteiger partial charge in [-0.05, 0) is 25.7 Å².